The predicted molar refractivity (Wildman–Crippen MR) is 140 cm³/mol. The van der Waals surface area contributed by atoms with E-state index in [4.69, 9.17) is 0 Å². The van der Waals surface area contributed by atoms with Gasteiger partial charge in [-0.25, -0.2) is 0 Å². The molecule has 0 fully saturated rings. The average Bonchev–Trinajstić information content (AvgIpc) is 2.86. The van der Waals surface area contributed by atoms with Gasteiger partial charge in [-0.1, -0.05) is 84.9 Å². The molecule has 0 saturated heterocycles. The van der Waals surface area contributed by atoms with Gasteiger partial charge < -0.3 is 0 Å². The van der Waals surface area contributed by atoms with E-state index in [1.54, 1.807) is 0 Å². The van der Waals surface area contributed by atoms with Gasteiger partial charge in [0.1, 0.15) is 0 Å². The van der Waals surface area contributed by atoms with Crippen molar-refractivity contribution in [1.29, 1.82) is 0 Å². The molecule has 0 atom stereocenters. The second kappa shape index (κ2) is 5.75. The molecule has 0 heteroatoms. The third-order valence-electron chi connectivity index (χ3n) is 7.31. The van der Waals surface area contributed by atoms with Crippen molar-refractivity contribution in [3.63, 3.8) is 0 Å². The van der Waals surface area contributed by atoms with Crippen LogP contribution >= 0.6 is 0 Å². The zero-order chi connectivity index (χ0) is 20.8. The van der Waals surface area contributed by atoms with Crippen LogP contribution in [0, 0.1) is 0 Å². The molecule has 0 N–H and O–H groups in total. The zero-order valence-electron chi connectivity index (χ0n) is 17.4. The molecule has 32 heavy (non-hydrogen) atoms. The third kappa shape index (κ3) is 1.98. The normalized spacial score (nSPS) is 12.4. The third-order valence-corrected chi connectivity index (χ3v) is 7.31. The van der Waals surface area contributed by atoms with Crippen molar-refractivity contribution < 1.29 is 0 Å². The first-order valence-electron chi connectivity index (χ1n) is 11.2. The van der Waals surface area contributed by atoms with Crippen LogP contribution < -0.4 is 0 Å². The Morgan fingerprint density at radius 2 is 0.531 bits per heavy atom. The number of benzene rings is 8. The van der Waals surface area contributed by atoms with Crippen molar-refractivity contribution >= 4 is 75.4 Å². The average molecular weight is 402 g/mol. The molecule has 0 radical (unpaired) electrons. The van der Waals surface area contributed by atoms with Gasteiger partial charge in [0.05, 0.1) is 0 Å². The van der Waals surface area contributed by atoms with Gasteiger partial charge in [0.25, 0.3) is 0 Å². The van der Waals surface area contributed by atoms with Gasteiger partial charge in [-0.2, -0.15) is 0 Å². The SMILES string of the molecule is c1ccc2cc3c(cc2c1)c1cccc2c4cc5ccccc5cc4c4cccc3c4c12. The maximum Gasteiger partial charge on any atom is -0.00139 e. The second-order valence-corrected chi connectivity index (χ2v) is 8.95. The molecular weight excluding hydrogens is 384 g/mol. The summed E-state index contributed by atoms with van der Waals surface area (Å²) in [5.41, 5.74) is 0. The van der Waals surface area contributed by atoms with Crippen LogP contribution in [0.1, 0.15) is 0 Å². The minimum atomic E-state index is 1.30. The predicted octanol–water partition coefficient (Wildman–Crippen LogP) is 9.20. The summed E-state index contributed by atoms with van der Waals surface area (Å²) in [6.45, 7) is 0. The summed E-state index contributed by atoms with van der Waals surface area (Å²) in [6, 6.07) is 40.6. The minimum absolute atomic E-state index is 1.30. The number of rotatable bonds is 0. The van der Waals surface area contributed by atoms with Crippen LogP contribution in [0.2, 0.25) is 0 Å². The van der Waals surface area contributed by atoms with Crippen LogP contribution in [0.4, 0.5) is 0 Å². The molecular formula is C32H18. The number of fused-ring (bicyclic) bond motifs is 8. The maximum absolute atomic E-state index is 2.38. The topological polar surface area (TPSA) is 0 Å². The Hall–Kier alpha value is -4.16. The molecule has 0 spiro atoms. The van der Waals surface area contributed by atoms with E-state index >= 15 is 0 Å². The Labute approximate surface area is 184 Å². The molecule has 0 aliphatic rings. The van der Waals surface area contributed by atoms with Crippen molar-refractivity contribution in [2.45, 2.75) is 0 Å². The fourth-order valence-electron chi connectivity index (χ4n) is 5.91. The minimum Gasteiger partial charge on any atom is -0.0616 e. The summed E-state index contributed by atoms with van der Waals surface area (Å²) in [5, 5.41) is 18.7. The van der Waals surface area contributed by atoms with E-state index in [0.29, 0.717) is 0 Å². The largest absolute Gasteiger partial charge is 0.0616 e. The van der Waals surface area contributed by atoms with Crippen molar-refractivity contribution in [3.05, 3.63) is 109 Å². The first-order chi connectivity index (χ1) is 15.9. The van der Waals surface area contributed by atoms with E-state index in [0.717, 1.165) is 0 Å². The van der Waals surface area contributed by atoms with Crippen LogP contribution in [-0.2, 0) is 0 Å². The van der Waals surface area contributed by atoms with Crippen molar-refractivity contribution in [1.82, 2.24) is 0 Å². The Balaban J connectivity index is 1.75. The van der Waals surface area contributed by atoms with Gasteiger partial charge in [-0.3, -0.25) is 0 Å². The highest BCUT2D eigenvalue weighted by Crippen LogP contribution is 2.46. The molecule has 0 unspecified atom stereocenters. The molecule has 0 aliphatic heterocycles. The molecule has 0 aromatic heterocycles. The van der Waals surface area contributed by atoms with Gasteiger partial charge in [-0.15, -0.1) is 0 Å². The highest BCUT2D eigenvalue weighted by Gasteiger charge is 2.17. The Morgan fingerprint density at radius 1 is 0.250 bits per heavy atom. The van der Waals surface area contributed by atoms with Crippen LogP contribution in [0.5, 0.6) is 0 Å². The monoisotopic (exact) mass is 402 g/mol. The summed E-state index contributed by atoms with van der Waals surface area (Å²) < 4.78 is 0. The summed E-state index contributed by atoms with van der Waals surface area (Å²) in [6.07, 6.45) is 0. The number of hydrogen-bond acceptors (Lipinski definition) is 0. The summed E-state index contributed by atoms with van der Waals surface area (Å²) in [4.78, 5) is 0. The second-order valence-electron chi connectivity index (χ2n) is 8.95. The van der Waals surface area contributed by atoms with Crippen molar-refractivity contribution in [2.75, 3.05) is 0 Å². The van der Waals surface area contributed by atoms with Crippen molar-refractivity contribution in [3.8, 4) is 0 Å². The van der Waals surface area contributed by atoms with Gasteiger partial charge in [-0.05, 0) is 99.7 Å². The van der Waals surface area contributed by atoms with Gasteiger partial charge >= 0.3 is 0 Å². The lowest BCUT2D eigenvalue weighted by molar-refractivity contribution is 1.79. The quantitative estimate of drug-likeness (QED) is 0.175. The molecule has 8 aromatic carbocycles. The lowest BCUT2D eigenvalue weighted by Crippen LogP contribution is -1.90. The molecule has 146 valence electrons. The van der Waals surface area contributed by atoms with E-state index in [1.165, 1.54) is 75.4 Å². The summed E-state index contributed by atoms with van der Waals surface area (Å²) in [5.74, 6) is 0. The van der Waals surface area contributed by atoms with E-state index < -0.39 is 0 Å². The van der Waals surface area contributed by atoms with Crippen LogP contribution in [0.25, 0.3) is 75.4 Å². The highest BCUT2D eigenvalue weighted by molar-refractivity contribution is 6.41. The van der Waals surface area contributed by atoms with E-state index in [2.05, 4.69) is 109 Å². The Bertz CT molecular complexity index is 1740. The molecule has 0 bridgehead atoms. The Kier molecular flexibility index (Phi) is 2.97. The lowest BCUT2D eigenvalue weighted by Gasteiger charge is -2.18. The molecule has 0 heterocycles. The fraction of sp³-hybridized carbons (Fsp3) is 0. The molecule has 0 saturated carbocycles. The smallest absolute Gasteiger partial charge is 0.00139 e. The van der Waals surface area contributed by atoms with E-state index in [-0.39, 0.29) is 0 Å². The standard InChI is InChI=1S/C32H18/c1-2-8-20-16-28-24-12-6-14-26-30-18-22-10-4-3-9-21(22)17-29(30)25-13-5-11-23(31(25)32(24)26)27(28)15-19(20)7-1/h1-18H. The van der Waals surface area contributed by atoms with Crippen molar-refractivity contribution in [2.24, 2.45) is 0 Å². The van der Waals surface area contributed by atoms with Gasteiger partial charge in [0, 0.05) is 0 Å². The van der Waals surface area contributed by atoms with E-state index in [1.807, 2.05) is 0 Å². The zero-order valence-corrected chi connectivity index (χ0v) is 17.4. The van der Waals surface area contributed by atoms with Gasteiger partial charge in [0.2, 0.25) is 0 Å². The maximum atomic E-state index is 2.38. The van der Waals surface area contributed by atoms with Gasteiger partial charge in [0.15, 0.2) is 0 Å². The van der Waals surface area contributed by atoms with Crippen LogP contribution in [0.3, 0.4) is 0 Å². The first kappa shape index (κ1) is 16.5. The lowest BCUT2D eigenvalue weighted by atomic mass is 9.85. The summed E-state index contributed by atoms with van der Waals surface area (Å²) in [7, 11) is 0. The molecule has 0 amide bonds. The molecule has 0 aliphatic carbocycles. The fourth-order valence-corrected chi connectivity index (χ4v) is 5.91. The van der Waals surface area contributed by atoms with Crippen LogP contribution in [-0.4, -0.2) is 0 Å². The first-order valence-corrected chi connectivity index (χ1v) is 11.2. The van der Waals surface area contributed by atoms with E-state index in [9.17, 15) is 0 Å². The Morgan fingerprint density at radius 3 is 0.812 bits per heavy atom. The molecule has 0 nitrogen and oxygen atoms in total. The molecule has 8 rings (SSSR count). The number of hydrogen-bond donors (Lipinski definition) is 0. The summed E-state index contributed by atoms with van der Waals surface area (Å²) >= 11 is 0. The molecule has 8 aromatic rings. The highest BCUT2D eigenvalue weighted by atomic mass is 14.2. The van der Waals surface area contributed by atoms with Crippen LogP contribution in [0.15, 0.2) is 109 Å².